The molecule has 3 rings (SSSR count). The number of para-hydroxylation sites is 1. The third-order valence-electron chi connectivity index (χ3n) is 4.79. The molecule has 1 aliphatic rings. The standard InChI is InChI=1S/C21H28N2O2/c1-16-8-9-21(24-3)19(14-16)17(2)22-15-18-6-4-5-7-20(18)23-10-12-25-13-11-23/h4-9,14,17,22H,10-13,15H2,1-3H3/t17-/m1/s1. The van der Waals surface area contributed by atoms with Gasteiger partial charge < -0.3 is 19.7 Å². The van der Waals surface area contributed by atoms with Gasteiger partial charge in [-0.1, -0.05) is 35.9 Å². The molecule has 1 aliphatic heterocycles. The Morgan fingerprint density at radius 2 is 1.92 bits per heavy atom. The second-order valence-electron chi connectivity index (χ2n) is 6.58. The molecule has 2 aromatic rings. The average Bonchev–Trinajstić information content (AvgIpc) is 2.67. The molecular formula is C21H28N2O2. The number of methoxy groups -OCH3 is 1. The number of nitrogens with one attached hydrogen (secondary N) is 1. The summed E-state index contributed by atoms with van der Waals surface area (Å²) < 4.78 is 11.0. The number of hydrogen-bond donors (Lipinski definition) is 1. The Bertz CT molecular complexity index is 696. The quantitative estimate of drug-likeness (QED) is 0.869. The lowest BCUT2D eigenvalue weighted by molar-refractivity contribution is 0.122. The highest BCUT2D eigenvalue weighted by Crippen LogP contribution is 2.27. The molecule has 0 spiro atoms. The van der Waals surface area contributed by atoms with E-state index in [1.165, 1.54) is 22.4 Å². The third kappa shape index (κ3) is 4.33. The van der Waals surface area contributed by atoms with E-state index in [0.29, 0.717) is 0 Å². The Labute approximate surface area is 150 Å². The van der Waals surface area contributed by atoms with Crippen LogP contribution in [0.5, 0.6) is 5.75 Å². The normalized spacial score (nSPS) is 15.9. The van der Waals surface area contributed by atoms with Crippen LogP contribution in [0.15, 0.2) is 42.5 Å². The number of ether oxygens (including phenoxy) is 2. The number of nitrogens with zero attached hydrogens (tertiary/aromatic N) is 1. The summed E-state index contributed by atoms with van der Waals surface area (Å²) in [7, 11) is 1.73. The summed E-state index contributed by atoms with van der Waals surface area (Å²) >= 11 is 0. The number of aryl methyl sites for hydroxylation is 1. The first-order valence-corrected chi connectivity index (χ1v) is 8.97. The summed E-state index contributed by atoms with van der Waals surface area (Å²) in [6.07, 6.45) is 0. The van der Waals surface area contributed by atoms with Crippen LogP contribution in [0.3, 0.4) is 0 Å². The Hall–Kier alpha value is -2.04. The SMILES string of the molecule is COc1ccc(C)cc1[C@@H](C)NCc1ccccc1N1CCOCC1. The van der Waals surface area contributed by atoms with Gasteiger partial charge in [0.05, 0.1) is 20.3 Å². The topological polar surface area (TPSA) is 33.7 Å². The number of benzene rings is 2. The molecule has 1 saturated heterocycles. The lowest BCUT2D eigenvalue weighted by Gasteiger charge is -2.31. The van der Waals surface area contributed by atoms with Gasteiger partial charge in [0.1, 0.15) is 5.75 Å². The summed E-state index contributed by atoms with van der Waals surface area (Å²) in [4.78, 5) is 2.42. The monoisotopic (exact) mass is 340 g/mol. The largest absolute Gasteiger partial charge is 0.496 e. The van der Waals surface area contributed by atoms with Gasteiger partial charge in [0.25, 0.3) is 0 Å². The van der Waals surface area contributed by atoms with Crippen LogP contribution in [0.25, 0.3) is 0 Å². The van der Waals surface area contributed by atoms with Crippen molar-refractivity contribution in [3.63, 3.8) is 0 Å². The Morgan fingerprint density at radius 3 is 2.68 bits per heavy atom. The highest BCUT2D eigenvalue weighted by molar-refractivity contribution is 5.54. The maximum atomic E-state index is 5.53. The van der Waals surface area contributed by atoms with E-state index in [9.17, 15) is 0 Å². The molecular weight excluding hydrogens is 312 g/mol. The van der Waals surface area contributed by atoms with E-state index in [4.69, 9.17) is 9.47 Å². The van der Waals surface area contributed by atoms with E-state index in [1.807, 2.05) is 6.07 Å². The van der Waals surface area contributed by atoms with Gasteiger partial charge in [0.15, 0.2) is 0 Å². The molecule has 134 valence electrons. The number of hydrogen-bond acceptors (Lipinski definition) is 4. The van der Waals surface area contributed by atoms with Crippen molar-refractivity contribution < 1.29 is 9.47 Å². The number of anilines is 1. The lowest BCUT2D eigenvalue weighted by atomic mass is 10.0. The molecule has 0 amide bonds. The Kier molecular flexibility index (Phi) is 5.95. The maximum absolute atomic E-state index is 5.53. The third-order valence-corrected chi connectivity index (χ3v) is 4.79. The van der Waals surface area contributed by atoms with Gasteiger partial charge in [-0.3, -0.25) is 0 Å². The van der Waals surface area contributed by atoms with Crippen LogP contribution < -0.4 is 15.0 Å². The molecule has 0 saturated carbocycles. The minimum Gasteiger partial charge on any atom is -0.496 e. The van der Waals surface area contributed by atoms with Crippen LogP contribution in [0.1, 0.15) is 29.7 Å². The van der Waals surface area contributed by atoms with Crippen molar-refractivity contribution in [2.24, 2.45) is 0 Å². The molecule has 0 unspecified atom stereocenters. The predicted molar refractivity (Wildman–Crippen MR) is 102 cm³/mol. The van der Waals surface area contributed by atoms with E-state index in [0.717, 1.165) is 38.6 Å². The first-order chi connectivity index (χ1) is 12.2. The van der Waals surface area contributed by atoms with Crippen molar-refractivity contribution in [1.82, 2.24) is 5.32 Å². The molecule has 1 fully saturated rings. The molecule has 25 heavy (non-hydrogen) atoms. The molecule has 2 aromatic carbocycles. The van der Waals surface area contributed by atoms with Crippen LogP contribution in [0, 0.1) is 6.92 Å². The van der Waals surface area contributed by atoms with Gasteiger partial charge in [-0.2, -0.15) is 0 Å². The zero-order chi connectivity index (χ0) is 17.6. The summed E-state index contributed by atoms with van der Waals surface area (Å²) in [6, 6.07) is 15.2. The Balaban J connectivity index is 1.72. The second-order valence-corrected chi connectivity index (χ2v) is 6.58. The van der Waals surface area contributed by atoms with Crippen LogP contribution in [0.2, 0.25) is 0 Å². The van der Waals surface area contributed by atoms with Gasteiger partial charge >= 0.3 is 0 Å². The van der Waals surface area contributed by atoms with E-state index in [-0.39, 0.29) is 6.04 Å². The van der Waals surface area contributed by atoms with Crippen LogP contribution in [0.4, 0.5) is 5.69 Å². The summed E-state index contributed by atoms with van der Waals surface area (Å²) in [5, 5.41) is 3.66. The first-order valence-electron chi connectivity index (χ1n) is 8.97. The van der Waals surface area contributed by atoms with E-state index < -0.39 is 0 Å². The summed E-state index contributed by atoms with van der Waals surface area (Å²) in [6.45, 7) is 8.65. The van der Waals surface area contributed by atoms with Crippen molar-refractivity contribution in [3.05, 3.63) is 59.2 Å². The van der Waals surface area contributed by atoms with Crippen LogP contribution in [-0.4, -0.2) is 33.4 Å². The molecule has 4 heteroatoms. The fourth-order valence-corrected chi connectivity index (χ4v) is 3.34. The summed E-state index contributed by atoms with van der Waals surface area (Å²) in [5.74, 6) is 0.937. The van der Waals surface area contributed by atoms with Crippen LogP contribution >= 0.6 is 0 Å². The van der Waals surface area contributed by atoms with Crippen molar-refractivity contribution in [2.45, 2.75) is 26.4 Å². The second kappa shape index (κ2) is 8.37. The lowest BCUT2D eigenvalue weighted by Crippen LogP contribution is -2.37. The fraction of sp³-hybridized carbons (Fsp3) is 0.429. The molecule has 1 heterocycles. The van der Waals surface area contributed by atoms with Crippen molar-refractivity contribution in [3.8, 4) is 5.75 Å². The fourth-order valence-electron chi connectivity index (χ4n) is 3.34. The molecule has 1 atom stereocenters. The van der Waals surface area contributed by atoms with E-state index in [2.05, 4.69) is 60.5 Å². The molecule has 4 nitrogen and oxygen atoms in total. The van der Waals surface area contributed by atoms with Crippen molar-refractivity contribution in [1.29, 1.82) is 0 Å². The molecule has 1 N–H and O–H groups in total. The van der Waals surface area contributed by atoms with Crippen LogP contribution in [-0.2, 0) is 11.3 Å². The van der Waals surface area contributed by atoms with Gasteiger partial charge in [-0.15, -0.1) is 0 Å². The molecule has 0 bridgehead atoms. The smallest absolute Gasteiger partial charge is 0.123 e. The highest BCUT2D eigenvalue weighted by Gasteiger charge is 2.16. The molecule has 0 aliphatic carbocycles. The zero-order valence-electron chi connectivity index (χ0n) is 15.4. The first kappa shape index (κ1) is 17.8. The highest BCUT2D eigenvalue weighted by atomic mass is 16.5. The number of morpholine rings is 1. The summed E-state index contributed by atoms with van der Waals surface area (Å²) in [5.41, 5.74) is 5.08. The minimum absolute atomic E-state index is 0.215. The average molecular weight is 340 g/mol. The van der Waals surface area contributed by atoms with Gasteiger partial charge in [0, 0.05) is 36.9 Å². The predicted octanol–water partition coefficient (Wildman–Crippen LogP) is 3.69. The zero-order valence-corrected chi connectivity index (χ0v) is 15.4. The molecule has 0 radical (unpaired) electrons. The van der Waals surface area contributed by atoms with E-state index >= 15 is 0 Å². The Morgan fingerprint density at radius 1 is 1.16 bits per heavy atom. The van der Waals surface area contributed by atoms with Crippen molar-refractivity contribution >= 4 is 5.69 Å². The van der Waals surface area contributed by atoms with E-state index in [1.54, 1.807) is 7.11 Å². The van der Waals surface area contributed by atoms with Gasteiger partial charge in [0.2, 0.25) is 0 Å². The molecule has 0 aromatic heterocycles. The number of rotatable bonds is 6. The van der Waals surface area contributed by atoms with Crippen molar-refractivity contribution in [2.75, 3.05) is 38.3 Å². The van der Waals surface area contributed by atoms with Gasteiger partial charge in [-0.05, 0) is 31.5 Å². The minimum atomic E-state index is 0.215. The van der Waals surface area contributed by atoms with Gasteiger partial charge in [-0.25, -0.2) is 0 Å². The maximum Gasteiger partial charge on any atom is 0.123 e.